The maximum atomic E-state index is 12.7. The summed E-state index contributed by atoms with van der Waals surface area (Å²) in [5, 5.41) is 10.6. The Morgan fingerprint density at radius 3 is 2.48 bits per heavy atom. The maximum absolute atomic E-state index is 12.7. The zero-order valence-electron chi connectivity index (χ0n) is 18.4. The smallest absolute Gasteiger partial charge is 0.240 e. The Bertz CT molecular complexity index is 1220. The van der Waals surface area contributed by atoms with Crippen molar-refractivity contribution in [1.82, 2.24) is 19.8 Å². The number of likely N-dealkylation sites (tertiary alicyclic amines) is 1. The molecule has 5 rings (SSSR count). The zero-order valence-corrected chi connectivity index (χ0v) is 19.2. The van der Waals surface area contributed by atoms with Gasteiger partial charge in [-0.05, 0) is 75.4 Å². The minimum atomic E-state index is -3.55. The van der Waals surface area contributed by atoms with Crippen molar-refractivity contribution >= 4 is 21.5 Å². The number of fused-ring (bicyclic) bond motifs is 1. The lowest BCUT2D eigenvalue weighted by Crippen LogP contribution is -2.43. The monoisotopic (exact) mass is 469 g/mol. The maximum Gasteiger partial charge on any atom is 0.240 e. The van der Waals surface area contributed by atoms with Gasteiger partial charge in [0.1, 0.15) is 19.0 Å². The Kier molecular flexibility index (Phi) is 5.96. The topological polar surface area (TPSA) is 109 Å². The summed E-state index contributed by atoms with van der Waals surface area (Å²) in [4.78, 5) is 2.47. The van der Waals surface area contributed by atoms with Crippen LogP contribution in [-0.4, -0.2) is 62.9 Å². The van der Waals surface area contributed by atoms with Crippen LogP contribution >= 0.6 is 0 Å². The van der Waals surface area contributed by atoms with E-state index >= 15 is 0 Å². The summed E-state index contributed by atoms with van der Waals surface area (Å²) in [5.74, 6) is 2.14. The Morgan fingerprint density at radius 2 is 1.73 bits per heavy atom. The van der Waals surface area contributed by atoms with Crippen molar-refractivity contribution in [2.24, 2.45) is 0 Å². The van der Waals surface area contributed by atoms with Crippen molar-refractivity contribution < 1.29 is 17.9 Å². The molecule has 2 aliphatic rings. The van der Waals surface area contributed by atoms with Gasteiger partial charge in [0, 0.05) is 23.4 Å². The Labute approximate surface area is 193 Å². The summed E-state index contributed by atoms with van der Waals surface area (Å²) in [6.07, 6.45) is 1.64. The number of H-pyrrole nitrogens is 1. The van der Waals surface area contributed by atoms with Gasteiger partial charge in [-0.2, -0.15) is 5.10 Å². The number of nitrogens with zero attached hydrogens (tertiary/aromatic N) is 2. The molecule has 3 heterocycles. The van der Waals surface area contributed by atoms with Gasteiger partial charge in [0.25, 0.3) is 0 Å². The van der Waals surface area contributed by atoms with Crippen molar-refractivity contribution in [2.75, 3.05) is 38.7 Å². The lowest BCUT2D eigenvalue weighted by atomic mass is 10.1. The Balaban J connectivity index is 1.24. The molecular weight excluding hydrogens is 442 g/mol. The van der Waals surface area contributed by atoms with E-state index in [1.165, 1.54) is 0 Å². The average Bonchev–Trinajstić information content (AvgIpc) is 3.29. The van der Waals surface area contributed by atoms with Crippen LogP contribution in [0.15, 0.2) is 53.4 Å². The van der Waals surface area contributed by atoms with E-state index in [0.717, 1.165) is 48.6 Å². The average molecular weight is 470 g/mol. The van der Waals surface area contributed by atoms with E-state index in [4.69, 9.17) is 9.47 Å². The van der Waals surface area contributed by atoms with Gasteiger partial charge in [0.05, 0.1) is 10.6 Å². The molecule has 0 unspecified atom stereocenters. The molecule has 0 amide bonds. The normalized spacial score (nSPS) is 17.1. The Morgan fingerprint density at radius 1 is 1.00 bits per heavy atom. The third kappa shape index (κ3) is 4.97. The van der Waals surface area contributed by atoms with E-state index < -0.39 is 10.0 Å². The lowest BCUT2D eigenvalue weighted by Gasteiger charge is -2.29. The molecule has 174 valence electrons. The number of ether oxygens (including phenoxy) is 2. The van der Waals surface area contributed by atoms with Gasteiger partial charge in [-0.3, -0.25) is 5.10 Å². The first-order valence-electron chi connectivity index (χ1n) is 11.0. The molecule has 33 heavy (non-hydrogen) atoms. The number of hydrogen-bond acceptors (Lipinski definition) is 7. The fourth-order valence-electron chi connectivity index (χ4n) is 4.02. The highest BCUT2D eigenvalue weighted by Crippen LogP contribution is 2.34. The molecule has 1 fully saturated rings. The molecule has 1 saturated heterocycles. The van der Waals surface area contributed by atoms with Crippen LogP contribution in [0.3, 0.4) is 0 Å². The highest BCUT2D eigenvalue weighted by Gasteiger charge is 2.23. The minimum absolute atomic E-state index is 0.0204. The number of piperidine rings is 1. The number of rotatable bonds is 6. The molecule has 0 saturated carbocycles. The van der Waals surface area contributed by atoms with Crippen LogP contribution in [-0.2, 0) is 10.0 Å². The van der Waals surface area contributed by atoms with Crippen LogP contribution in [0.4, 0.5) is 11.5 Å². The molecule has 2 aromatic carbocycles. The number of nitrogens with one attached hydrogen (secondary N) is 3. The van der Waals surface area contributed by atoms with Gasteiger partial charge >= 0.3 is 0 Å². The number of anilines is 2. The second-order valence-electron chi connectivity index (χ2n) is 8.37. The zero-order chi connectivity index (χ0) is 22.8. The Hall–Kier alpha value is -3.08. The van der Waals surface area contributed by atoms with Crippen LogP contribution in [0.1, 0.15) is 12.8 Å². The van der Waals surface area contributed by atoms with Crippen LogP contribution in [0, 0.1) is 0 Å². The van der Waals surface area contributed by atoms with Gasteiger partial charge in [0.15, 0.2) is 11.5 Å². The van der Waals surface area contributed by atoms with Crippen molar-refractivity contribution in [3.8, 4) is 22.8 Å². The first kappa shape index (κ1) is 21.7. The molecule has 0 spiro atoms. The minimum Gasteiger partial charge on any atom is -0.486 e. The van der Waals surface area contributed by atoms with Crippen LogP contribution in [0.25, 0.3) is 11.3 Å². The summed E-state index contributed by atoms with van der Waals surface area (Å²) >= 11 is 0. The van der Waals surface area contributed by atoms with E-state index in [1.54, 1.807) is 24.3 Å². The molecule has 3 aromatic rings. The van der Waals surface area contributed by atoms with E-state index in [0.29, 0.717) is 24.8 Å². The largest absolute Gasteiger partial charge is 0.486 e. The number of hydrogen-bond donors (Lipinski definition) is 3. The SMILES string of the molecule is CN1CCC(NS(=O)(=O)c2ccc(Nc3cc(-c4ccc5c(c4)OCCO5)n[nH]3)cc2)CC1. The number of sulfonamides is 1. The van der Waals surface area contributed by atoms with E-state index in [9.17, 15) is 8.42 Å². The van der Waals surface area contributed by atoms with Gasteiger partial charge in [-0.15, -0.1) is 0 Å². The molecule has 2 aliphatic heterocycles. The highest BCUT2D eigenvalue weighted by molar-refractivity contribution is 7.89. The summed E-state index contributed by atoms with van der Waals surface area (Å²) < 4.78 is 39.5. The predicted octanol–water partition coefficient (Wildman–Crippen LogP) is 2.96. The second kappa shape index (κ2) is 9.05. The van der Waals surface area contributed by atoms with Crippen LogP contribution in [0.5, 0.6) is 11.5 Å². The summed E-state index contributed by atoms with van der Waals surface area (Å²) in [6, 6.07) is 14.3. The third-order valence-corrected chi connectivity index (χ3v) is 7.44. The standard InChI is InChI=1S/C23H27N5O4S/c1-28-10-8-18(9-11-28)27-33(29,30)19-5-3-17(4-6-19)24-23-15-20(25-26-23)16-2-7-21-22(14-16)32-13-12-31-21/h2-7,14-15,18,27H,8-13H2,1H3,(H2,24,25,26). The molecule has 0 aliphatic carbocycles. The van der Waals surface area contributed by atoms with Crippen molar-refractivity contribution in [1.29, 1.82) is 0 Å². The lowest BCUT2D eigenvalue weighted by molar-refractivity contribution is 0.171. The molecular formula is C23H27N5O4S. The summed E-state index contributed by atoms with van der Waals surface area (Å²) in [6.45, 7) is 2.88. The molecule has 0 atom stereocenters. The molecule has 0 bridgehead atoms. The van der Waals surface area contributed by atoms with Gasteiger partial charge < -0.3 is 19.7 Å². The van der Waals surface area contributed by atoms with Crippen molar-refractivity contribution in [3.63, 3.8) is 0 Å². The first-order chi connectivity index (χ1) is 16.0. The van der Waals surface area contributed by atoms with Gasteiger partial charge in [0.2, 0.25) is 10.0 Å². The first-order valence-corrected chi connectivity index (χ1v) is 12.5. The van der Waals surface area contributed by atoms with Crippen molar-refractivity contribution in [2.45, 2.75) is 23.8 Å². The molecule has 1 aromatic heterocycles. The van der Waals surface area contributed by atoms with E-state index in [-0.39, 0.29) is 10.9 Å². The van der Waals surface area contributed by atoms with Crippen LogP contribution < -0.4 is 19.5 Å². The third-order valence-electron chi connectivity index (χ3n) is 5.90. The number of aromatic amines is 1. The fourth-order valence-corrected chi connectivity index (χ4v) is 5.33. The number of benzene rings is 2. The molecule has 9 nitrogen and oxygen atoms in total. The molecule has 3 N–H and O–H groups in total. The summed E-state index contributed by atoms with van der Waals surface area (Å²) in [5.41, 5.74) is 2.42. The van der Waals surface area contributed by atoms with Gasteiger partial charge in [-0.1, -0.05) is 0 Å². The summed E-state index contributed by atoms with van der Waals surface area (Å²) in [7, 11) is -1.49. The fraction of sp³-hybridized carbons (Fsp3) is 0.348. The molecule has 10 heteroatoms. The van der Waals surface area contributed by atoms with E-state index in [2.05, 4.69) is 32.2 Å². The number of aromatic nitrogens is 2. The highest BCUT2D eigenvalue weighted by atomic mass is 32.2. The molecule has 0 radical (unpaired) electrons. The van der Waals surface area contributed by atoms with E-state index in [1.807, 2.05) is 24.3 Å². The van der Waals surface area contributed by atoms with Gasteiger partial charge in [-0.25, -0.2) is 13.1 Å². The van der Waals surface area contributed by atoms with Crippen LogP contribution in [0.2, 0.25) is 0 Å². The second-order valence-corrected chi connectivity index (χ2v) is 10.1. The quantitative estimate of drug-likeness (QED) is 0.509. The predicted molar refractivity (Wildman–Crippen MR) is 126 cm³/mol. The van der Waals surface area contributed by atoms with Crippen molar-refractivity contribution in [3.05, 3.63) is 48.5 Å².